The van der Waals surface area contributed by atoms with Crippen LogP contribution in [0.15, 0.2) is 65.5 Å². The van der Waals surface area contributed by atoms with Gasteiger partial charge in [-0.05, 0) is 31.6 Å². The third-order valence-electron chi connectivity index (χ3n) is 4.44. The molecular formula is C18H17N3O. The summed E-state index contributed by atoms with van der Waals surface area (Å²) < 4.78 is 0. The number of aliphatic hydroxyl groups is 1. The third kappa shape index (κ3) is 1.86. The van der Waals surface area contributed by atoms with Gasteiger partial charge in [-0.2, -0.15) is 5.26 Å². The van der Waals surface area contributed by atoms with Gasteiger partial charge in [0.15, 0.2) is 0 Å². The van der Waals surface area contributed by atoms with Gasteiger partial charge in [-0.15, -0.1) is 0 Å². The van der Waals surface area contributed by atoms with Crippen molar-refractivity contribution in [3.8, 4) is 6.07 Å². The van der Waals surface area contributed by atoms with E-state index in [0.717, 1.165) is 5.56 Å². The van der Waals surface area contributed by atoms with E-state index in [0.29, 0.717) is 11.1 Å². The van der Waals surface area contributed by atoms with E-state index in [1.807, 2.05) is 55.2 Å². The van der Waals surface area contributed by atoms with E-state index in [1.54, 1.807) is 12.2 Å². The molecular weight excluding hydrogens is 274 g/mol. The first-order valence-electron chi connectivity index (χ1n) is 7.17. The summed E-state index contributed by atoms with van der Waals surface area (Å²) in [4.78, 5) is 1.93. The maximum atomic E-state index is 9.75. The molecule has 22 heavy (non-hydrogen) atoms. The van der Waals surface area contributed by atoms with Crippen molar-refractivity contribution in [3.63, 3.8) is 0 Å². The Hall–Kier alpha value is -2.80. The van der Waals surface area contributed by atoms with Crippen LogP contribution in [0.5, 0.6) is 0 Å². The molecule has 0 fully saturated rings. The molecule has 1 heterocycles. The van der Waals surface area contributed by atoms with E-state index in [-0.39, 0.29) is 17.6 Å². The number of rotatable bonds is 2. The second-order valence-corrected chi connectivity index (χ2v) is 5.76. The number of hydrogen-bond acceptors (Lipinski definition) is 3. The standard InChI is InChI=1S/C18H17N3O/c1-12(13-6-4-3-5-7-13)21-17(20)15(11-19)16-10-14(22)8-9-18(16,21)2/h3-10,12,20,22H,1-2H3. The van der Waals surface area contributed by atoms with Crippen molar-refractivity contribution in [2.75, 3.05) is 0 Å². The molecule has 1 aliphatic heterocycles. The molecule has 0 spiro atoms. The Morgan fingerprint density at radius 3 is 2.64 bits per heavy atom. The zero-order chi connectivity index (χ0) is 15.9. The van der Waals surface area contributed by atoms with Gasteiger partial charge in [-0.1, -0.05) is 36.4 Å². The Balaban J connectivity index is 2.11. The van der Waals surface area contributed by atoms with Crippen LogP contribution in [-0.4, -0.2) is 21.4 Å². The molecule has 0 bridgehead atoms. The lowest BCUT2D eigenvalue weighted by molar-refractivity contribution is 0.240. The maximum Gasteiger partial charge on any atom is 0.140 e. The van der Waals surface area contributed by atoms with Crippen LogP contribution in [0.25, 0.3) is 0 Å². The molecule has 0 amide bonds. The van der Waals surface area contributed by atoms with Gasteiger partial charge >= 0.3 is 0 Å². The van der Waals surface area contributed by atoms with Gasteiger partial charge in [0, 0.05) is 5.57 Å². The number of nitriles is 1. The Morgan fingerprint density at radius 2 is 2.00 bits per heavy atom. The molecule has 0 aromatic heterocycles. The van der Waals surface area contributed by atoms with Crippen LogP contribution in [0.1, 0.15) is 25.5 Å². The molecule has 1 aromatic carbocycles. The van der Waals surface area contributed by atoms with Crippen LogP contribution in [0.4, 0.5) is 0 Å². The van der Waals surface area contributed by atoms with Gasteiger partial charge in [0.25, 0.3) is 0 Å². The lowest BCUT2D eigenvalue weighted by Crippen LogP contribution is -2.46. The number of aliphatic hydroxyl groups excluding tert-OH is 1. The van der Waals surface area contributed by atoms with Crippen LogP contribution in [0.3, 0.4) is 0 Å². The smallest absolute Gasteiger partial charge is 0.140 e. The summed E-state index contributed by atoms with van der Waals surface area (Å²) in [5, 5.41) is 27.6. The second-order valence-electron chi connectivity index (χ2n) is 5.76. The second kappa shape index (κ2) is 4.88. The average Bonchev–Trinajstić information content (AvgIpc) is 2.74. The van der Waals surface area contributed by atoms with E-state index in [9.17, 15) is 10.4 Å². The minimum Gasteiger partial charge on any atom is -0.508 e. The number of benzene rings is 1. The van der Waals surface area contributed by atoms with Crippen LogP contribution in [-0.2, 0) is 0 Å². The SMILES string of the molecule is CC(c1ccccc1)N1C(=N)C(C#N)=C2C=C(O)C=CC21C. The summed E-state index contributed by atoms with van der Waals surface area (Å²) in [6, 6.07) is 12.0. The predicted molar refractivity (Wildman–Crippen MR) is 85.3 cm³/mol. The molecule has 2 N–H and O–H groups in total. The summed E-state index contributed by atoms with van der Waals surface area (Å²) in [6.07, 6.45) is 5.07. The first-order chi connectivity index (χ1) is 10.5. The molecule has 4 heteroatoms. The monoisotopic (exact) mass is 291 g/mol. The van der Waals surface area contributed by atoms with Gasteiger partial charge < -0.3 is 10.0 Å². The molecule has 1 aliphatic carbocycles. The molecule has 1 aromatic rings. The molecule has 0 radical (unpaired) electrons. The first-order valence-corrected chi connectivity index (χ1v) is 7.17. The summed E-state index contributed by atoms with van der Waals surface area (Å²) in [5.74, 6) is 0.314. The number of nitrogens with zero attached hydrogens (tertiary/aromatic N) is 2. The molecule has 3 rings (SSSR count). The highest BCUT2D eigenvalue weighted by atomic mass is 16.3. The fourth-order valence-corrected chi connectivity index (χ4v) is 3.28. The number of allylic oxidation sites excluding steroid dienone is 1. The molecule has 0 saturated heterocycles. The number of fused-ring (bicyclic) bond motifs is 1. The summed E-state index contributed by atoms with van der Waals surface area (Å²) in [6.45, 7) is 4.00. The quantitative estimate of drug-likeness (QED) is 0.874. The van der Waals surface area contributed by atoms with E-state index >= 15 is 0 Å². The summed E-state index contributed by atoms with van der Waals surface area (Å²) >= 11 is 0. The molecule has 2 unspecified atom stereocenters. The van der Waals surface area contributed by atoms with Gasteiger partial charge in [-0.25, -0.2) is 0 Å². The van der Waals surface area contributed by atoms with Crippen LogP contribution in [0, 0.1) is 16.7 Å². The van der Waals surface area contributed by atoms with Crippen molar-refractivity contribution in [1.82, 2.24) is 4.90 Å². The molecule has 2 aliphatic rings. The molecule has 110 valence electrons. The van der Waals surface area contributed by atoms with Crippen LogP contribution >= 0.6 is 0 Å². The Kier molecular flexibility index (Phi) is 3.14. The highest BCUT2D eigenvalue weighted by Gasteiger charge is 2.47. The Morgan fingerprint density at radius 1 is 1.32 bits per heavy atom. The zero-order valence-electron chi connectivity index (χ0n) is 12.5. The van der Waals surface area contributed by atoms with E-state index in [4.69, 9.17) is 5.41 Å². The van der Waals surface area contributed by atoms with E-state index in [1.165, 1.54) is 0 Å². The molecule has 2 atom stereocenters. The fraction of sp³-hybridized carbons (Fsp3) is 0.222. The number of hydrogen-bond donors (Lipinski definition) is 2. The van der Waals surface area contributed by atoms with Crippen LogP contribution in [0.2, 0.25) is 0 Å². The van der Waals surface area contributed by atoms with Crippen molar-refractivity contribution in [2.24, 2.45) is 0 Å². The van der Waals surface area contributed by atoms with Crippen molar-refractivity contribution < 1.29 is 5.11 Å². The first kappa shape index (κ1) is 14.2. The fourth-order valence-electron chi connectivity index (χ4n) is 3.28. The zero-order valence-corrected chi connectivity index (χ0v) is 12.5. The van der Waals surface area contributed by atoms with Crippen molar-refractivity contribution in [1.29, 1.82) is 10.7 Å². The van der Waals surface area contributed by atoms with Gasteiger partial charge in [-0.3, -0.25) is 5.41 Å². The van der Waals surface area contributed by atoms with E-state index in [2.05, 4.69) is 6.07 Å². The molecule has 0 saturated carbocycles. The topological polar surface area (TPSA) is 71.1 Å². The van der Waals surface area contributed by atoms with Gasteiger partial charge in [0.2, 0.25) is 0 Å². The summed E-state index contributed by atoms with van der Waals surface area (Å²) in [7, 11) is 0. The van der Waals surface area contributed by atoms with Crippen LogP contribution < -0.4 is 0 Å². The highest BCUT2D eigenvalue weighted by molar-refractivity contribution is 6.05. The van der Waals surface area contributed by atoms with Gasteiger partial charge in [0.1, 0.15) is 17.7 Å². The van der Waals surface area contributed by atoms with Crippen molar-refractivity contribution in [2.45, 2.75) is 25.4 Å². The average molecular weight is 291 g/mol. The minimum absolute atomic E-state index is 0.0576. The van der Waals surface area contributed by atoms with Gasteiger partial charge in [0.05, 0.1) is 17.2 Å². The lowest BCUT2D eigenvalue weighted by atomic mass is 9.85. The molecule has 4 nitrogen and oxygen atoms in total. The normalized spacial score (nSPS) is 24.9. The van der Waals surface area contributed by atoms with Crippen molar-refractivity contribution in [3.05, 3.63) is 71.0 Å². The Labute approximate surface area is 129 Å². The third-order valence-corrected chi connectivity index (χ3v) is 4.44. The van der Waals surface area contributed by atoms with E-state index < -0.39 is 5.54 Å². The van der Waals surface area contributed by atoms with Crippen molar-refractivity contribution >= 4 is 5.84 Å². The largest absolute Gasteiger partial charge is 0.508 e. The minimum atomic E-state index is -0.594. The maximum absolute atomic E-state index is 9.75. The predicted octanol–water partition coefficient (Wildman–Crippen LogP) is 3.63. The number of amidine groups is 1. The number of nitrogens with one attached hydrogen (secondary N) is 1. The summed E-state index contributed by atoms with van der Waals surface area (Å²) in [5.41, 5.74) is 1.49. The highest BCUT2D eigenvalue weighted by Crippen LogP contribution is 2.44. The lowest BCUT2D eigenvalue weighted by Gasteiger charge is -2.41. The Bertz CT molecular complexity index is 767.